The van der Waals surface area contributed by atoms with Crippen LogP contribution in [0.1, 0.15) is 25.3 Å². The SMILES string of the molecule is CC(C)Cc1nc2cc(C(F)(F)F)ccc2o1. The molecule has 0 bridgehead atoms. The van der Waals surface area contributed by atoms with E-state index in [1.54, 1.807) is 0 Å². The van der Waals surface area contributed by atoms with Crippen molar-refractivity contribution in [2.24, 2.45) is 5.92 Å². The number of halogens is 3. The van der Waals surface area contributed by atoms with Crippen LogP contribution in [0, 0.1) is 5.92 Å². The lowest BCUT2D eigenvalue weighted by molar-refractivity contribution is -0.137. The quantitative estimate of drug-likeness (QED) is 0.795. The van der Waals surface area contributed by atoms with Crippen molar-refractivity contribution in [1.29, 1.82) is 0 Å². The Morgan fingerprint density at radius 2 is 2.00 bits per heavy atom. The first kappa shape index (κ1) is 12.0. The number of fused-ring (bicyclic) bond motifs is 1. The van der Waals surface area contributed by atoms with Crippen molar-refractivity contribution in [2.75, 3.05) is 0 Å². The van der Waals surface area contributed by atoms with Gasteiger partial charge in [0.1, 0.15) is 5.52 Å². The number of rotatable bonds is 2. The fourth-order valence-corrected chi connectivity index (χ4v) is 1.59. The van der Waals surface area contributed by atoms with Crippen LogP contribution in [0.3, 0.4) is 0 Å². The van der Waals surface area contributed by atoms with Crippen molar-refractivity contribution in [3.05, 3.63) is 29.7 Å². The van der Waals surface area contributed by atoms with Crippen molar-refractivity contribution < 1.29 is 17.6 Å². The molecule has 0 aliphatic rings. The minimum Gasteiger partial charge on any atom is -0.441 e. The van der Waals surface area contributed by atoms with Crippen LogP contribution in [-0.4, -0.2) is 4.98 Å². The maximum atomic E-state index is 12.5. The number of aromatic nitrogens is 1. The van der Waals surface area contributed by atoms with Gasteiger partial charge in [0.15, 0.2) is 11.5 Å². The maximum Gasteiger partial charge on any atom is 0.416 e. The van der Waals surface area contributed by atoms with E-state index < -0.39 is 11.7 Å². The van der Waals surface area contributed by atoms with Crippen molar-refractivity contribution in [1.82, 2.24) is 4.98 Å². The third-order valence-electron chi connectivity index (χ3n) is 2.34. The first-order chi connectivity index (χ1) is 7.86. The summed E-state index contributed by atoms with van der Waals surface area (Å²) in [5, 5.41) is 0. The fraction of sp³-hybridized carbons (Fsp3) is 0.417. The molecule has 0 fully saturated rings. The molecular formula is C12H12F3NO. The number of nitrogens with zero attached hydrogens (tertiary/aromatic N) is 1. The third-order valence-corrected chi connectivity index (χ3v) is 2.34. The summed E-state index contributed by atoms with van der Waals surface area (Å²) in [4.78, 5) is 4.06. The highest BCUT2D eigenvalue weighted by Gasteiger charge is 2.30. The maximum absolute atomic E-state index is 12.5. The van der Waals surface area contributed by atoms with Gasteiger partial charge in [0.25, 0.3) is 0 Å². The van der Waals surface area contributed by atoms with E-state index in [0.717, 1.165) is 12.1 Å². The Morgan fingerprint density at radius 3 is 2.59 bits per heavy atom. The topological polar surface area (TPSA) is 26.0 Å². The Morgan fingerprint density at radius 1 is 1.29 bits per heavy atom. The summed E-state index contributed by atoms with van der Waals surface area (Å²) in [6.45, 7) is 3.99. The number of hydrogen-bond acceptors (Lipinski definition) is 2. The molecular weight excluding hydrogens is 231 g/mol. The number of hydrogen-bond donors (Lipinski definition) is 0. The molecule has 0 saturated carbocycles. The van der Waals surface area contributed by atoms with Crippen LogP contribution in [0.2, 0.25) is 0 Å². The van der Waals surface area contributed by atoms with E-state index in [1.807, 2.05) is 13.8 Å². The summed E-state index contributed by atoms with van der Waals surface area (Å²) in [6, 6.07) is 3.34. The molecule has 0 amide bonds. The van der Waals surface area contributed by atoms with Gasteiger partial charge in [0, 0.05) is 6.42 Å². The van der Waals surface area contributed by atoms with Crippen LogP contribution < -0.4 is 0 Å². The van der Waals surface area contributed by atoms with Gasteiger partial charge < -0.3 is 4.42 Å². The van der Waals surface area contributed by atoms with E-state index in [4.69, 9.17) is 4.42 Å². The highest BCUT2D eigenvalue weighted by atomic mass is 19.4. The molecule has 0 N–H and O–H groups in total. The molecule has 2 nitrogen and oxygen atoms in total. The van der Waals surface area contributed by atoms with Gasteiger partial charge in [-0.15, -0.1) is 0 Å². The zero-order chi connectivity index (χ0) is 12.6. The van der Waals surface area contributed by atoms with Gasteiger partial charge in [-0.3, -0.25) is 0 Å². The smallest absolute Gasteiger partial charge is 0.416 e. The minimum atomic E-state index is -4.34. The van der Waals surface area contributed by atoms with Crippen molar-refractivity contribution in [3.63, 3.8) is 0 Å². The van der Waals surface area contributed by atoms with E-state index in [0.29, 0.717) is 23.8 Å². The average Bonchev–Trinajstić information content (AvgIpc) is 2.55. The average molecular weight is 243 g/mol. The van der Waals surface area contributed by atoms with Crippen molar-refractivity contribution >= 4 is 11.1 Å². The fourth-order valence-electron chi connectivity index (χ4n) is 1.59. The van der Waals surface area contributed by atoms with Crippen LogP contribution in [0.5, 0.6) is 0 Å². The second-order valence-corrected chi connectivity index (χ2v) is 4.39. The lowest BCUT2D eigenvalue weighted by Gasteiger charge is -2.04. The Kier molecular flexibility index (Phi) is 2.85. The molecule has 92 valence electrons. The van der Waals surface area contributed by atoms with Crippen LogP contribution in [-0.2, 0) is 12.6 Å². The molecule has 17 heavy (non-hydrogen) atoms. The second-order valence-electron chi connectivity index (χ2n) is 4.39. The molecule has 1 aromatic carbocycles. The number of oxazole rings is 1. The van der Waals surface area contributed by atoms with Gasteiger partial charge in [-0.1, -0.05) is 13.8 Å². The third kappa shape index (κ3) is 2.60. The largest absolute Gasteiger partial charge is 0.441 e. The van der Waals surface area contributed by atoms with Gasteiger partial charge in [-0.2, -0.15) is 13.2 Å². The summed E-state index contributed by atoms with van der Waals surface area (Å²) in [5.41, 5.74) is -0.0430. The van der Waals surface area contributed by atoms with Gasteiger partial charge >= 0.3 is 6.18 Å². The van der Waals surface area contributed by atoms with Crippen molar-refractivity contribution in [3.8, 4) is 0 Å². The van der Waals surface area contributed by atoms with E-state index in [2.05, 4.69) is 4.98 Å². The van der Waals surface area contributed by atoms with Gasteiger partial charge in [-0.25, -0.2) is 4.98 Å². The molecule has 1 aromatic heterocycles. The van der Waals surface area contributed by atoms with Gasteiger partial charge in [0.05, 0.1) is 5.56 Å². The van der Waals surface area contributed by atoms with Crippen LogP contribution in [0.25, 0.3) is 11.1 Å². The van der Waals surface area contributed by atoms with E-state index >= 15 is 0 Å². The van der Waals surface area contributed by atoms with Crippen LogP contribution in [0.15, 0.2) is 22.6 Å². The number of benzene rings is 1. The zero-order valence-electron chi connectivity index (χ0n) is 9.51. The van der Waals surface area contributed by atoms with E-state index in [-0.39, 0.29) is 5.52 Å². The summed E-state index contributed by atoms with van der Waals surface area (Å²) < 4.78 is 42.8. The van der Waals surface area contributed by atoms with E-state index in [1.165, 1.54) is 6.07 Å². The molecule has 0 atom stereocenters. The molecule has 2 aromatic rings. The zero-order valence-corrected chi connectivity index (χ0v) is 9.51. The van der Waals surface area contributed by atoms with E-state index in [9.17, 15) is 13.2 Å². The normalized spacial score (nSPS) is 12.6. The summed E-state index contributed by atoms with van der Waals surface area (Å²) in [6.07, 6.45) is -3.72. The lowest BCUT2D eigenvalue weighted by atomic mass is 10.1. The first-order valence-electron chi connectivity index (χ1n) is 5.33. The lowest BCUT2D eigenvalue weighted by Crippen LogP contribution is -2.04. The predicted octanol–water partition coefficient (Wildman–Crippen LogP) is 4.05. The monoisotopic (exact) mass is 243 g/mol. The second kappa shape index (κ2) is 4.05. The molecule has 0 unspecified atom stereocenters. The minimum absolute atomic E-state index is 0.260. The molecule has 0 saturated heterocycles. The molecule has 0 aliphatic carbocycles. The Balaban J connectivity index is 2.41. The summed E-state index contributed by atoms with van der Waals surface area (Å²) in [7, 11) is 0. The molecule has 5 heteroatoms. The predicted molar refractivity (Wildman–Crippen MR) is 57.6 cm³/mol. The highest BCUT2D eigenvalue weighted by molar-refractivity contribution is 5.73. The van der Waals surface area contributed by atoms with Crippen molar-refractivity contribution in [2.45, 2.75) is 26.4 Å². The molecule has 2 rings (SSSR count). The Hall–Kier alpha value is -1.52. The molecule has 0 aliphatic heterocycles. The first-order valence-corrected chi connectivity index (χ1v) is 5.33. The van der Waals surface area contributed by atoms with Gasteiger partial charge in [-0.05, 0) is 24.1 Å². The molecule has 0 spiro atoms. The summed E-state index contributed by atoms with van der Waals surface area (Å²) >= 11 is 0. The highest BCUT2D eigenvalue weighted by Crippen LogP contribution is 2.31. The Labute approximate surface area is 96.4 Å². The standard InChI is InChI=1S/C12H12F3NO/c1-7(2)5-11-16-9-6-8(12(13,14)15)3-4-10(9)17-11/h3-4,6-7H,5H2,1-2H3. The number of alkyl halides is 3. The van der Waals surface area contributed by atoms with Crippen LogP contribution >= 0.6 is 0 Å². The van der Waals surface area contributed by atoms with Gasteiger partial charge in [0.2, 0.25) is 0 Å². The summed E-state index contributed by atoms with van der Waals surface area (Å²) in [5.74, 6) is 0.833. The Bertz CT molecular complexity index is 528. The molecule has 0 radical (unpaired) electrons. The molecule has 1 heterocycles. The van der Waals surface area contributed by atoms with Crippen LogP contribution in [0.4, 0.5) is 13.2 Å².